The van der Waals surface area contributed by atoms with Crippen molar-refractivity contribution < 1.29 is 4.79 Å². The zero-order valence-corrected chi connectivity index (χ0v) is 14.9. The van der Waals surface area contributed by atoms with Crippen LogP contribution >= 0.6 is 23.1 Å². The minimum atomic E-state index is 0.00227. The molecule has 1 N–H and O–H groups in total. The van der Waals surface area contributed by atoms with E-state index < -0.39 is 0 Å². The van der Waals surface area contributed by atoms with Crippen LogP contribution in [0.15, 0.2) is 40.7 Å². The lowest BCUT2D eigenvalue weighted by Gasteiger charge is -2.09. The van der Waals surface area contributed by atoms with Crippen LogP contribution in [0.25, 0.3) is 10.9 Å². The van der Waals surface area contributed by atoms with E-state index in [-0.39, 0.29) is 5.91 Å². The Morgan fingerprint density at radius 2 is 2.17 bits per heavy atom. The van der Waals surface area contributed by atoms with E-state index in [1.54, 1.807) is 23.1 Å². The predicted octanol–water partition coefficient (Wildman–Crippen LogP) is 4.18. The molecule has 1 fully saturated rings. The maximum atomic E-state index is 12.6. The van der Waals surface area contributed by atoms with E-state index in [1.807, 2.05) is 37.3 Å². The zero-order chi connectivity index (χ0) is 16.5. The van der Waals surface area contributed by atoms with Gasteiger partial charge in [-0.2, -0.15) is 0 Å². The van der Waals surface area contributed by atoms with E-state index in [4.69, 9.17) is 4.98 Å². The molecular formula is C18H17N3OS2. The number of thiazole rings is 1. The number of carbonyl (C=O) groups excluding carboxylic acids is 1. The van der Waals surface area contributed by atoms with Crippen LogP contribution in [0.3, 0.4) is 0 Å². The molecule has 2 heterocycles. The summed E-state index contributed by atoms with van der Waals surface area (Å²) >= 11 is 3.28. The van der Waals surface area contributed by atoms with Gasteiger partial charge in [0.05, 0.1) is 26.8 Å². The number of aromatic nitrogens is 2. The van der Waals surface area contributed by atoms with Crippen LogP contribution in [0.5, 0.6) is 0 Å². The summed E-state index contributed by atoms with van der Waals surface area (Å²) in [4.78, 5) is 21.8. The molecule has 0 saturated heterocycles. The molecule has 0 atom stereocenters. The number of pyridine rings is 1. The molecule has 1 aromatic carbocycles. The van der Waals surface area contributed by atoms with Crippen LogP contribution in [0.4, 0.5) is 0 Å². The van der Waals surface area contributed by atoms with Gasteiger partial charge in [0.25, 0.3) is 5.91 Å². The highest BCUT2D eigenvalue weighted by Crippen LogP contribution is 2.28. The quantitative estimate of drug-likeness (QED) is 0.698. The van der Waals surface area contributed by atoms with E-state index in [1.165, 1.54) is 0 Å². The molecule has 24 heavy (non-hydrogen) atoms. The molecule has 122 valence electrons. The highest BCUT2D eigenvalue weighted by Gasteiger charge is 2.25. The van der Waals surface area contributed by atoms with Crippen molar-refractivity contribution in [2.75, 3.05) is 0 Å². The molecule has 1 aliphatic rings. The van der Waals surface area contributed by atoms with E-state index >= 15 is 0 Å². The van der Waals surface area contributed by atoms with Crippen molar-refractivity contribution in [2.24, 2.45) is 0 Å². The molecule has 3 aromatic rings. The number of amides is 1. The summed E-state index contributed by atoms with van der Waals surface area (Å²) < 4.78 is 0. The van der Waals surface area contributed by atoms with Crippen LogP contribution in [0.2, 0.25) is 0 Å². The molecule has 2 aromatic heterocycles. The fraction of sp³-hybridized carbons (Fsp3) is 0.278. The predicted molar refractivity (Wildman–Crippen MR) is 98.6 cm³/mol. The molecule has 4 rings (SSSR count). The molecule has 1 saturated carbocycles. The Bertz CT molecular complexity index is 902. The molecule has 1 amide bonds. The van der Waals surface area contributed by atoms with E-state index in [0.717, 1.165) is 45.2 Å². The Labute approximate surface area is 148 Å². The lowest BCUT2D eigenvalue weighted by atomic mass is 10.1. The molecule has 0 radical (unpaired) electrons. The zero-order valence-electron chi connectivity index (χ0n) is 13.3. The van der Waals surface area contributed by atoms with Crippen LogP contribution < -0.4 is 5.32 Å². The first kappa shape index (κ1) is 15.6. The molecule has 0 bridgehead atoms. The number of hydrogen-bond donors (Lipinski definition) is 1. The third-order valence-electron chi connectivity index (χ3n) is 3.88. The number of thioether (sulfide) groups is 1. The fourth-order valence-corrected chi connectivity index (χ4v) is 4.05. The van der Waals surface area contributed by atoms with Gasteiger partial charge in [0.1, 0.15) is 0 Å². The van der Waals surface area contributed by atoms with Gasteiger partial charge in [0.2, 0.25) is 0 Å². The van der Waals surface area contributed by atoms with Crippen molar-refractivity contribution in [3.05, 3.63) is 52.0 Å². The summed E-state index contributed by atoms with van der Waals surface area (Å²) in [5.74, 6) is 0.766. The summed E-state index contributed by atoms with van der Waals surface area (Å²) in [6, 6.07) is 10.1. The standard InChI is InChI=1S/C18H17N3OS2/c1-11-19-13(9-23-11)10-24-17-8-15(18(22)20-12-6-7-12)14-4-2-3-5-16(14)21-17/h2-5,8-9,12H,6-7,10H2,1H3,(H,20,22). The minimum absolute atomic E-state index is 0.00227. The van der Waals surface area contributed by atoms with Crippen LogP contribution in [-0.2, 0) is 5.75 Å². The summed E-state index contributed by atoms with van der Waals surface area (Å²) in [7, 11) is 0. The Morgan fingerprint density at radius 3 is 2.92 bits per heavy atom. The average molecular weight is 355 g/mol. The fourth-order valence-electron chi connectivity index (χ4n) is 2.53. The number of aryl methyl sites for hydroxylation is 1. The SMILES string of the molecule is Cc1nc(CSc2cc(C(=O)NC3CC3)c3ccccc3n2)cs1. The van der Waals surface area contributed by atoms with Gasteiger partial charge in [0.15, 0.2) is 0 Å². The van der Waals surface area contributed by atoms with Crippen LogP contribution in [0.1, 0.15) is 33.9 Å². The second-order valence-electron chi connectivity index (χ2n) is 5.92. The van der Waals surface area contributed by atoms with Gasteiger partial charge >= 0.3 is 0 Å². The largest absolute Gasteiger partial charge is 0.349 e. The number of para-hydroxylation sites is 1. The van der Waals surface area contributed by atoms with Gasteiger partial charge in [-0.05, 0) is 31.9 Å². The van der Waals surface area contributed by atoms with Gasteiger partial charge in [-0.1, -0.05) is 30.0 Å². The van der Waals surface area contributed by atoms with Crippen molar-refractivity contribution >= 4 is 39.9 Å². The van der Waals surface area contributed by atoms with E-state index in [0.29, 0.717) is 11.6 Å². The molecular weight excluding hydrogens is 338 g/mol. The normalized spacial score (nSPS) is 14.0. The number of fused-ring (bicyclic) bond motifs is 1. The number of nitrogens with one attached hydrogen (secondary N) is 1. The van der Waals surface area contributed by atoms with Crippen molar-refractivity contribution in [1.82, 2.24) is 15.3 Å². The van der Waals surface area contributed by atoms with Gasteiger partial charge in [-0.3, -0.25) is 4.79 Å². The van der Waals surface area contributed by atoms with Gasteiger partial charge in [-0.15, -0.1) is 11.3 Å². The summed E-state index contributed by atoms with van der Waals surface area (Å²) in [6.07, 6.45) is 2.17. The highest BCUT2D eigenvalue weighted by molar-refractivity contribution is 7.98. The topological polar surface area (TPSA) is 54.9 Å². The van der Waals surface area contributed by atoms with Gasteiger partial charge in [-0.25, -0.2) is 9.97 Å². The van der Waals surface area contributed by atoms with Crippen molar-refractivity contribution in [1.29, 1.82) is 0 Å². The molecule has 1 aliphatic carbocycles. The van der Waals surface area contributed by atoms with Gasteiger partial charge in [0, 0.05) is 22.6 Å². The Morgan fingerprint density at radius 1 is 1.33 bits per heavy atom. The van der Waals surface area contributed by atoms with Crippen LogP contribution in [0, 0.1) is 6.92 Å². The van der Waals surface area contributed by atoms with Crippen molar-refractivity contribution in [2.45, 2.75) is 36.6 Å². The lowest BCUT2D eigenvalue weighted by Crippen LogP contribution is -2.25. The first-order valence-electron chi connectivity index (χ1n) is 7.93. The molecule has 0 unspecified atom stereocenters. The van der Waals surface area contributed by atoms with E-state index in [9.17, 15) is 4.79 Å². The third kappa shape index (κ3) is 3.44. The first-order chi connectivity index (χ1) is 11.7. The van der Waals surface area contributed by atoms with Gasteiger partial charge < -0.3 is 5.32 Å². The third-order valence-corrected chi connectivity index (χ3v) is 5.65. The van der Waals surface area contributed by atoms with E-state index in [2.05, 4.69) is 15.7 Å². The summed E-state index contributed by atoms with van der Waals surface area (Å²) in [5.41, 5.74) is 2.63. The van der Waals surface area contributed by atoms with Crippen LogP contribution in [-0.4, -0.2) is 21.9 Å². The molecule has 4 nitrogen and oxygen atoms in total. The second kappa shape index (κ2) is 6.53. The Kier molecular flexibility index (Phi) is 4.24. The smallest absolute Gasteiger partial charge is 0.252 e. The Hall–Kier alpha value is -1.92. The second-order valence-corrected chi connectivity index (χ2v) is 7.98. The average Bonchev–Trinajstić information content (AvgIpc) is 3.31. The van der Waals surface area contributed by atoms with Crippen molar-refractivity contribution in [3.63, 3.8) is 0 Å². The van der Waals surface area contributed by atoms with Crippen molar-refractivity contribution in [3.8, 4) is 0 Å². The first-order valence-corrected chi connectivity index (χ1v) is 9.80. The number of hydrogen-bond acceptors (Lipinski definition) is 5. The number of nitrogens with zero attached hydrogens (tertiary/aromatic N) is 2. The monoisotopic (exact) mass is 355 g/mol. The number of rotatable bonds is 5. The highest BCUT2D eigenvalue weighted by atomic mass is 32.2. The number of carbonyl (C=O) groups is 1. The maximum absolute atomic E-state index is 12.6. The minimum Gasteiger partial charge on any atom is -0.349 e. The molecule has 0 aliphatic heterocycles. The maximum Gasteiger partial charge on any atom is 0.252 e. The molecule has 6 heteroatoms. The summed E-state index contributed by atoms with van der Waals surface area (Å²) in [5, 5.41) is 7.99. The summed E-state index contributed by atoms with van der Waals surface area (Å²) in [6.45, 7) is 2.01. The molecule has 0 spiro atoms. The Balaban J connectivity index is 1.63. The number of benzene rings is 1. The lowest BCUT2D eigenvalue weighted by molar-refractivity contribution is 0.0952.